The van der Waals surface area contributed by atoms with Gasteiger partial charge in [0, 0.05) is 11.4 Å². The molecule has 0 radical (unpaired) electrons. The van der Waals surface area contributed by atoms with Crippen molar-refractivity contribution in [2.45, 2.75) is 0 Å². The average Bonchev–Trinajstić information content (AvgIpc) is 3.09. The van der Waals surface area contributed by atoms with E-state index in [-0.39, 0.29) is 16.5 Å². The largest absolute Gasteiger partial charge is 0.322 e. The summed E-state index contributed by atoms with van der Waals surface area (Å²) in [5, 5.41) is 7.15. The molecule has 2 N–H and O–H groups in total. The first-order valence-electron chi connectivity index (χ1n) is 7.25. The number of nitrogens with one attached hydrogen (secondary N) is 2. The predicted octanol–water partition coefficient (Wildman–Crippen LogP) is 5.05. The third-order valence-electron chi connectivity index (χ3n) is 3.31. The molecule has 0 saturated carbocycles. The number of thiophene rings is 1. The highest BCUT2D eigenvalue weighted by Gasteiger charge is 2.16. The first kappa shape index (κ1) is 17.1. The zero-order valence-corrected chi connectivity index (χ0v) is 14.3. The number of anilines is 2. The van der Waals surface area contributed by atoms with Crippen molar-refractivity contribution in [3.8, 4) is 0 Å². The van der Waals surface area contributed by atoms with Gasteiger partial charge in [-0.3, -0.25) is 9.59 Å². The summed E-state index contributed by atoms with van der Waals surface area (Å²) in [5.74, 6) is -1.60. The molecule has 0 bridgehead atoms. The number of carbonyl (C=O) groups excluding carboxylic acids is 2. The Balaban J connectivity index is 1.76. The molecule has 0 aliphatic carbocycles. The molecule has 2 amide bonds. The monoisotopic (exact) mass is 374 g/mol. The van der Waals surface area contributed by atoms with Crippen LogP contribution in [-0.4, -0.2) is 11.8 Å². The van der Waals surface area contributed by atoms with Crippen molar-refractivity contribution in [3.05, 3.63) is 81.3 Å². The number of benzene rings is 2. The molecular formula is C18H12ClFN2O2S. The molecule has 2 aromatic carbocycles. The SMILES string of the molecule is O=C(Nc1cccc(NC(=O)c2c(F)cccc2Cl)c1)c1cccs1. The van der Waals surface area contributed by atoms with Gasteiger partial charge in [0.05, 0.1) is 15.5 Å². The normalized spacial score (nSPS) is 10.3. The highest BCUT2D eigenvalue weighted by atomic mass is 35.5. The molecule has 1 heterocycles. The van der Waals surface area contributed by atoms with Crippen molar-refractivity contribution < 1.29 is 14.0 Å². The minimum absolute atomic E-state index is 0.0275. The molecule has 7 heteroatoms. The Labute approximate surface area is 152 Å². The summed E-state index contributed by atoms with van der Waals surface area (Å²) in [7, 11) is 0. The van der Waals surface area contributed by atoms with Crippen molar-refractivity contribution in [1.29, 1.82) is 0 Å². The van der Waals surface area contributed by atoms with Gasteiger partial charge in [-0.05, 0) is 41.8 Å². The maximum absolute atomic E-state index is 13.8. The summed E-state index contributed by atoms with van der Waals surface area (Å²) in [6, 6.07) is 14.1. The van der Waals surface area contributed by atoms with Gasteiger partial charge in [0.2, 0.25) is 0 Å². The molecule has 0 fully saturated rings. The molecule has 3 rings (SSSR count). The molecule has 3 aromatic rings. The second-order valence-corrected chi connectivity index (χ2v) is 6.42. The fourth-order valence-electron chi connectivity index (χ4n) is 2.18. The van der Waals surface area contributed by atoms with E-state index in [1.165, 1.54) is 29.5 Å². The van der Waals surface area contributed by atoms with Gasteiger partial charge in [-0.2, -0.15) is 0 Å². The number of hydrogen-bond acceptors (Lipinski definition) is 3. The summed E-state index contributed by atoms with van der Waals surface area (Å²) in [4.78, 5) is 24.9. The predicted molar refractivity (Wildman–Crippen MR) is 98.1 cm³/mol. The highest BCUT2D eigenvalue weighted by Crippen LogP contribution is 2.22. The number of rotatable bonds is 4. The Morgan fingerprint density at radius 3 is 2.24 bits per heavy atom. The number of carbonyl (C=O) groups is 2. The Kier molecular flexibility index (Phi) is 5.11. The Bertz CT molecular complexity index is 908. The quantitative estimate of drug-likeness (QED) is 0.671. The number of amides is 2. The van der Waals surface area contributed by atoms with Gasteiger partial charge in [0.15, 0.2) is 0 Å². The van der Waals surface area contributed by atoms with E-state index >= 15 is 0 Å². The molecule has 0 aliphatic rings. The smallest absolute Gasteiger partial charge is 0.265 e. The van der Waals surface area contributed by atoms with Crippen LogP contribution >= 0.6 is 22.9 Å². The summed E-state index contributed by atoms with van der Waals surface area (Å²) < 4.78 is 13.8. The Morgan fingerprint density at radius 2 is 1.60 bits per heavy atom. The van der Waals surface area contributed by atoms with E-state index in [1.54, 1.807) is 36.4 Å². The van der Waals surface area contributed by atoms with Crippen LogP contribution in [0.15, 0.2) is 60.0 Å². The number of hydrogen-bond donors (Lipinski definition) is 2. The van der Waals surface area contributed by atoms with Crippen LogP contribution in [-0.2, 0) is 0 Å². The van der Waals surface area contributed by atoms with E-state index in [0.717, 1.165) is 0 Å². The molecule has 126 valence electrons. The van der Waals surface area contributed by atoms with Gasteiger partial charge in [-0.1, -0.05) is 29.8 Å². The van der Waals surface area contributed by atoms with Crippen molar-refractivity contribution in [1.82, 2.24) is 0 Å². The molecule has 0 unspecified atom stereocenters. The second-order valence-electron chi connectivity index (χ2n) is 5.06. The maximum Gasteiger partial charge on any atom is 0.265 e. The zero-order chi connectivity index (χ0) is 17.8. The van der Waals surface area contributed by atoms with E-state index in [9.17, 15) is 14.0 Å². The second kappa shape index (κ2) is 7.46. The lowest BCUT2D eigenvalue weighted by molar-refractivity contribution is 0.101. The van der Waals surface area contributed by atoms with Gasteiger partial charge in [-0.15, -0.1) is 11.3 Å². The average molecular weight is 375 g/mol. The van der Waals surface area contributed by atoms with E-state index in [1.807, 2.05) is 5.38 Å². The van der Waals surface area contributed by atoms with E-state index in [2.05, 4.69) is 10.6 Å². The molecule has 4 nitrogen and oxygen atoms in total. The van der Waals surface area contributed by atoms with Gasteiger partial charge in [0.25, 0.3) is 11.8 Å². The van der Waals surface area contributed by atoms with Crippen LogP contribution in [0.1, 0.15) is 20.0 Å². The van der Waals surface area contributed by atoms with Gasteiger partial charge in [0.1, 0.15) is 5.82 Å². The van der Waals surface area contributed by atoms with Crippen LogP contribution in [0.4, 0.5) is 15.8 Å². The molecule has 0 spiro atoms. The topological polar surface area (TPSA) is 58.2 Å². The van der Waals surface area contributed by atoms with Crippen molar-refractivity contribution >= 4 is 46.1 Å². The van der Waals surface area contributed by atoms with Gasteiger partial charge >= 0.3 is 0 Å². The summed E-state index contributed by atoms with van der Waals surface area (Å²) in [6.07, 6.45) is 0. The van der Waals surface area contributed by atoms with Gasteiger partial charge in [-0.25, -0.2) is 4.39 Å². The fraction of sp³-hybridized carbons (Fsp3) is 0. The third kappa shape index (κ3) is 4.04. The minimum Gasteiger partial charge on any atom is -0.322 e. The lowest BCUT2D eigenvalue weighted by Gasteiger charge is -2.10. The van der Waals surface area contributed by atoms with Crippen LogP contribution in [0.5, 0.6) is 0 Å². The summed E-state index contributed by atoms with van der Waals surface area (Å²) >= 11 is 7.22. The van der Waals surface area contributed by atoms with Crippen molar-refractivity contribution in [2.75, 3.05) is 10.6 Å². The van der Waals surface area contributed by atoms with Crippen LogP contribution in [0.2, 0.25) is 5.02 Å². The van der Waals surface area contributed by atoms with Crippen molar-refractivity contribution in [3.63, 3.8) is 0 Å². The third-order valence-corrected chi connectivity index (χ3v) is 4.50. The molecular weight excluding hydrogens is 363 g/mol. The van der Waals surface area contributed by atoms with Crippen molar-refractivity contribution in [2.24, 2.45) is 0 Å². The molecule has 1 aromatic heterocycles. The Hall–Kier alpha value is -2.70. The lowest BCUT2D eigenvalue weighted by atomic mass is 10.2. The molecule has 0 atom stereocenters. The van der Waals surface area contributed by atoms with E-state index < -0.39 is 11.7 Å². The summed E-state index contributed by atoms with van der Waals surface area (Å²) in [6.45, 7) is 0. The maximum atomic E-state index is 13.8. The minimum atomic E-state index is -0.702. The fourth-order valence-corrected chi connectivity index (χ4v) is 3.05. The standard InChI is InChI=1S/C18H12ClFN2O2S/c19-13-6-2-7-14(20)16(13)18(24)22-12-5-1-4-11(10-12)21-17(23)15-8-3-9-25-15/h1-10H,(H,21,23)(H,22,24). The van der Waals surface area contributed by atoms with E-state index in [4.69, 9.17) is 11.6 Å². The van der Waals surface area contributed by atoms with Crippen LogP contribution < -0.4 is 10.6 Å². The molecule has 0 saturated heterocycles. The van der Waals surface area contributed by atoms with Crippen LogP contribution in [0.25, 0.3) is 0 Å². The Morgan fingerprint density at radius 1 is 0.920 bits per heavy atom. The lowest BCUT2D eigenvalue weighted by Crippen LogP contribution is -2.15. The molecule has 25 heavy (non-hydrogen) atoms. The first-order valence-corrected chi connectivity index (χ1v) is 8.50. The first-order chi connectivity index (χ1) is 12.0. The van der Waals surface area contributed by atoms with Crippen LogP contribution in [0.3, 0.4) is 0 Å². The van der Waals surface area contributed by atoms with E-state index in [0.29, 0.717) is 16.3 Å². The number of halogens is 2. The van der Waals surface area contributed by atoms with Crippen LogP contribution in [0, 0.1) is 5.82 Å². The van der Waals surface area contributed by atoms with Gasteiger partial charge < -0.3 is 10.6 Å². The summed E-state index contributed by atoms with van der Waals surface area (Å²) in [5.41, 5.74) is 0.696. The molecule has 0 aliphatic heterocycles. The zero-order valence-electron chi connectivity index (χ0n) is 12.8. The highest BCUT2D eigenvalue weighted by molar-refractivity contribution is 7.12.